The van der Waals surface area contributed by atoms with Gasteiger partial charge in [0, 0.05) is 31.0 Å². The average molecular weight is 435 g/mol. The van der Waals surface area contributed by atoms with Crippen molar-refractivity contribution in [3.05, 3.63) is 35.4 Å². The number of aliphatic hydroxyl groups excluding tert-OH is 1. The van der Waals surface area contributed by atoms with Crippen molar-refractivity contribution in [2.45, 2.75) is 99.1 Å². The predicted molar refractivity (Wildman–Crippen MR) is 131 cm³/mol. The zero-order chi connectivity index (χ0) is 24.4. The molecule has 1 aromatic carbocycles. The summed E-state index contributed by atoms with van der Waals surface area (Å²) in [4.78, 5) is 26.5. The molecule has 0 aromatic heterocycles. The van der Waals surface area contributed by atoms with Gasteiger partial charge in [0.2, 0.25) is 0 Å². The van der Waals surface area contributed by atoms with Crippen molar-refractivity contribution in [2.75, 3.05) is 13.6 Å². The van der Waals surface area contributed by atoms with Gasteiger partial charge < -0.3 is 15.3 Å². The number of hydrogen-bond acceptors (Lipinski definition) is 3. The number of nitrogens with one attached hydrogen (secondary N) is 1. The number of ketones is 1. The largest absolute Gasteiger partial charge is 0.391 e. The van der Waals surface area contributed by atoms with Crippen LogP contribution in [0.2, 0.25) is 0 Å². The zero-order valence-electron chi connectivity index (χ0n) is 21.5. The molecule has 3 unspecified atom stereocenters. The fourth-order valence-electron chi connectivity index (χ4n) is 3.84. The fraction of sp³-hybridized carbons (Fsp3) is 0.692. The maximum absolute atomic E-state index is 12.6. The Morgan fingerprint density at radius 2 is 1.74 bits per heavy atom. The summed E-state index contributed by atoms with van der Waals surface area (Å²) in [6, 6.07) is 7.22. The molecular weight excluding hydrogens is 388 g/mol. The highest BCUT2D eigenvalue weighted by atomic mass is 16.3. The second kappa shape index (κ2) is 12.8. The normalized spacial score (nSPS) is 19.1. The predicted octanol–water partition coefficient (Wildman–Crippen LogP) is 5.80. The van der Waals surface area contributed by atoms with Gasteiger partial charge in [0.25, 0.3) is 0 Å². The van der Waals surface area contributed by atoms with E-state index in [9.17, 15) is 14.7 Å². The molecule has 1 aromatic rings. The number of hydrogen-bond donors (Lipinski definition) is 2. The molecule has 0 heterocycles. The second-order valence-electron chi connectivity index (χ2n) is 9.62. The molecule has 1 aliphatic rings. The van der Waals surface area contributed by atoms with E-state index in [2.05, 4.69) is 26.1 Å². The third-order valence-electron chi connectivity index (χ3n) is 5.47. The first kappa shape index (κ1) is 29.1. The molecule has 5 heteroatoms. The van der Waals surface area contributed by atoms with E-state index in [-0.39, 0.29) is 28.7 Å². The van der Waals surface area contributed by atoms with Crippen LogP contribution < -0.4 is 5.32 Å². The molecule has 0 spiro atoms. The summed E-state index contributed by atoms with van der Waals surface area (Å²) < 4.78 is 0. The molecule has 3 atom stereocenters. The van der Waals surface area contributed by atoms with E-state index in [0.29, 0.717) is 19.4 Å². The molecule has 2 amide bonds. The third-order valence-corrected chi connectivity index (χ3v) is 5.47. The van der Waals surface area contributed by atoms with Crippen molar-refractivity contribution < 1.29 is 14.7 Å². The van der Waals surface area contributed by atoms with Gasteiger partial charge in [-0.1, -0.05) is 86.1 Å². The number of urea groups is 1. The molecule has 0 fully saturated rings. The number of rotatable bonds is 5. The van der Waals surface area contributed by atoms with Gasteiger partial charge in [-0.05, 0) is 24.3 Å². The molecule has 0 bridgehead atoms. The average Bonchev–Trinajstić information content (AvgIpc) is 2.96. The first-order valence-corrected chi connectivity index (χ1v) is 11.7. The highest BCUT2D eigenvalue weighted by Gasteiger charge is 2.39. The Kier molecular flexibility index (Phi) is 12.1. The lowest BCUT2D eigenvalue weighted by Crippen LogP contribution is -2.53. The van der Waals surface area contributed by atoms with Gasteiger partial charge in [0.15, 0.2) is 5.78 Å². The second-order valence-corrected chi connectivity index (χ2v) is 9.62. The number of fused-ring (bicyclic) bond motifs is 1. The summed E-state index contributed by atoms with van der Waals surface area (Å²) in [5.41, 5.74) is 1.41. The number of nitrogens with zero attached hydrogens (tertiary/aromatic N) is 1. The Morgan fingerprint density at radius 3 is 2.23 bits per heavy atom. The van der Waals surface area contributed by atoms with E-state index in [1.807, 2.05) is 58.9 Å². The molecule has 0 saturated carbocycles. The third kappa shape index (κ3) is 8.29. The van der Waals surface area contributed by atoms with Crippen molar-refractivity contribution >= 4 is 11.8 Å². The number of carbonyl (C=O) groups is 2. The molecule has 5 nitrogen and oxygen atoms in total. The summed E-state index contributed by atoms with van der Waals surface area (Å²) in [6.07, 6.45) is 1.82. The Bertz CT molecular complexity index is 694. The lowest BCUT2D eigenvalue weighted by molar-refractivity contribution is 0.0843. The molecule has 0 aliphatic heterocycles. The standard InChI is InChI=1S/C21H32N2O3.C3H8.C2H6/c1-14(24)18(20(2,3)4)22-19(26)23(6)12-11-21(5)13-17(25)15-9-7-8-10-16(15)21;1-3-2;1-2/h7-10,14,18,24H,11-13H2,1-6H3,(H,22,26);3H2,1-2H3;1-2H3. The Morgan fingerprint density at radius 1 is 1.23 bits per heavy atom. The summed E-state index contributed by atoms with van der Waals surface area (Å²) in [6.45, 7) is 18.6. The summed E-state index contributed by atoms with van der Waals surface area (Å²) in [5, 5.41) is 12.9. The van der Waals surface area contributed by atoms with Crippen molar-refractivity contribution in [3.8, 4) is 0 Å². The van der Waals surface area contributed by atoms with E-state index in [4.69, 9.17) is 0 Å². The fourth-order valence-corrected chi connectivity index (χ4v) is 3.84. The van der Waals surface area contributed by atoms with Gasteiger partial charge in [0.1, 0.15) is 0 Å². The van der Waals surface area contributed by atoms with Crippen LogP contribution in [0.3, 0.4) is 0 Å². The molecule has 178 valence electrons. The van der Waals surface area contributed by atoms with Crippen LogP contribution in [0.4, 0.5) is 4.79 Å². The van der Waals surface area contributed by atoms with Gasteiger partial charge in [-0.3, -0.25) is 4.79 Å². The maximum atomic E-state index is 12.6. The molecule has 31 heavy (non-hydrogen) atoms. The summed E-state index contributed by atoms with van der Waals surface area (Å²) >= 11 is 0. The van der Waals surface area contributed by atoms with Crippen LogP contribution in [0.15, 0.2) is 24.3 Å². The van der Waals surface area contributed by atoms with Gasteiger partial charge in [-0.15, -0.1) is 0 Å². The Labute approximate surface area is 190 Å². The molecular formula is C26H46N2O3. The molecule has 2 N–H and O–H groups in total. The SMILES string of the molecule is CC.CC(O)C(NC(=O)N(C)CCC1(C)CC(=O)c2ccccc21)C(C)(C)C.CCC. The minimum absolute atomic E-state index is 0.178. The lowest BCUT2D eigenvalue weighted by atomic mass is 9.81. The van der Waals surface area contributed by atoms with Crippen LogP contribution in [-0.4, -0.2) is 47.6 Å². The first-order chi connectivity index (χ1) is 14.4. The number of Topliss-reactive ketones (excluding diaryl/α,β-unsaturated/α-hetero) is 1. The van der Waals surface area contributed by atoms with E-state index in [0.717, 1.165) is 11.1 Å². The minimum atomic E-state index is -0.635. The number of benzene rings is 1. The monoisotopic (exact) mass is 434 g/mol. The first-order valence-electron chi connectivity index (χ1n) is 11.7. The highest BCUT2D eigenvalue weighted by Crippen LogP contribution is 2.41. The maximum Gasteiger partial charge on any atom is 0.317 e. The zero-order valence-corrected chi connectivity index (χ0v) is 21.5. The van der Waals surface area contributed by atoms with Crippen LogP contribution in [0.25, 0.3) is 0 Å². The van der Waals surface area contributed by atoms with Gasteiger partial charge in [-0.25, -0.2) is 4.79 Å². The minimum Gasteiger partial charge on any atom is -0.391 e. The molecule has 1 aliphatic carbocycles. The number of amides is 2. The topological polar surface area (TPSA) is 69.6 Å². The van der Waals surface area contributed by atoms with Crippen molar-refractivity contribution in [1.82, 2.24) is 10.2 Å². The highest BCUT2D eigenvalue weighted by molar-refractivity contribution is 6.02. The van der Waals surface area contributed by atoms with Crippen LogP contribution in [-0.2, 0) is 5.41 Å². The lowest BCUT2D eigenvalue weighted by Gasteiger charge is -2.35. The van der Waals surface area contributed by atoms with Gasteiger partial charge >= 0.3 is 6.03 Å². The van der Waals surface area contributed by atoms with Gasteiger partial charge in [-0.2, -0.15) is 0 Å². The van der Waals surface area contributed by atoms with Crippen LogP contribution in [0.1, 0.15) is 97.5 Å². The molecule has 0 saturated heterocycles. The van der Waals surface area contributed by atoms with Crippen LogP contribution >= 0.6 is 0 Å². The smallest absolute Gasteiger partial charge is 0.317 e. The molecule has 0 radical (unpaired) electrons. The van der Waals surface area contributed by atoms with E-state index in [1.165, 1.54) is 6.42 Å². The van der Waals surface area contributed by atoms with Crippen molar-refractivity contribution in [3.63, 3.8) is 0 Å². The Balaban J connectivity index is 0.00000165. The summed E-state index contributed by atoms with van der Waals surface area (Å²) in [5.74, 6) is 0.178. The van der Waals surface area contributed by atoms with Crippen LogP contribution in [0.5, 0.6) is 0 Å². The number of carbonyl (C=O) groups excluding carboxylic acids is 2. The van der Waals surface area contributed by atoms with E-state index < -0.39 is 6.10 Å². The summed E-state index contributed by atoms with van der Waals surface area (Å²) in [7, 11) is 1.75. The molecule has 2 rings (SSSR count). The number of aliphatic hydroxyl groups is 1. The van der Waals surface area contributed by atoms with Crippen LogP contribution in [0, 0.1) is 5.41 Å². The van der Waals surface area contributed by atoms with Crippen molar-refractivity contribution in [2.24, 2.45) is 5.41 Å². The quantitative estimate of drug-likeness (QED) is 0.615. The Hall–Kier alpha value is -1.88. The van der Waals surface area contributed by atoms with Crippen molar-refractivity contribution in [1.29, 1.82) is 0 Å². The van der Waals surface area contributed by atoms with E-state index >= 15 is 0 Å². The van der Waals surface area contributed by atoms with Gasteiger partial charge in [0.05, 0.1) is 12.1 Å². The van der Waals surface area contributed by atoms with E-state index in [1.54, 1.807) is 18.9 Å².